The van der Waals surface area contributed by atoms with Crippen LogP contribution in [0.25, 0.3) is 11.0 Å². The van der Waals surface area contributed by atoms with Gasteiger partial charge in [-0.05, 0) is 42.7 Å². The maximum Gasteiger partial charge on any atom is 0.297 e. The molecule has 168 valence electrons. The van der Waals surface area contributed by atoms with Gasteiger partial charge in [0.1, 0.15) is 16.3 Å². The van der Waals surface area contributed by atoms with E-state index in [2.05, 4.69) is 24.0 Å². The van der Waals surface area contributed by atoms with Crippen molar-refractivity contribution < 1.29 is 13.9 Å². The summed E-state index contributed by atoms with van der Waals surface area (Å²) in [7, 11) is 1.59. The van der Waals surface area contributed by atoms with Gasteiger partial charge in [-0.2, -0.15) is 0 Å². The quantitative estimate of drug-likeness (QED) is 0.420. The van der Waals surface area contributed by atoms with E-state index in [-0.39, 0.29) is 11.2 Å². The number of aromatic nitrogens is 2. The molecule has 1 atom stereocenters. The lowest BCUT2D eigenvalue weighted by atomic mass is 9.98. The Morgan fingerprint density at radius 2 is 1.88 bits per heavy atom. The van der Waals surface area contributed by atoms with Crippen molar-refractivity contribution in [3.05, 3.63) is 80.1 Å². The molecule has 0 saturated carbocycles. The molecule has 1 aliphatic rings. The summed E-state index contributed by atoms with van der Waals surface area (Å²) in [6, 6.07) is 12.1. The van der Waals surface area contributed by atoms with E-state index in [1.807, 2.05) is 37.3 Å². The molecule has 0 unspecified atom stereocenters. The van der Waals surface area contributed by atoms with Crippen LogP contribution in [-0.2, 0) is 6.42 Å². The molecule has 0 radical (unpaired) electrons. The van der Waals surface area contributed by atoms with E-state index in [4.69, 9.17) is 9.15 Å². The van der Waals surface area contributed by atoms with Crippen molar-refractivity contribution in [2.75, 3.05) is 12.0 Å². The molecule has 0 fully saturated rings. The first kappa shape index (κ1) is 21.3. The molecule has 0 spiro atoms. The van der Waals surface area contributed by atoms with Crippen LogP contribution in [0.1, 0.15) is 52.1 Å². The van der Waals surface area contributed by atoms with Crippen molar-refractivity contribution in [1.29, 1.82) is 0 Å². The Morgan fingerprint density at radius 1 is 1.12 bits per heavy atom. The number of fused-ring (bicyclic) bond motifs is 2. The summed E-state index contributed by atoms with van der Waals surface area (Å²) in [5.74, 6) is 0.757. The van der Waals surface area contributed by atoms with Crippen LogP contribution < -0.4 is 15.1 Å². The van der Waals surface area contributed by atoms with Gasteiger partial charge in [-0.1, -0.05) is 48.9 Å². The Balaban J connectivity index is 1.73. The van der Waals surface area contributed by atoms with Crippen molar-refractivity contribution in [2.45, 2.75) is 33.2 Å². The number of nitrogens with zero attached hydrogens (tertiary/aromatic N) is 3. The summed E-state index contributed by atoms with van der Waals surface area (Å²) < 4.78 is 11.3. The molecular weight excluding hydrogens is 438 g/mol. The minimum Gasteiger partial charge on any atom is -0.497 e. The SMILES string of the molecule is COc1ccc([C@H]2c3c(oc4ccc(C)cc4c3=O)C(=O)N2c2nnc(CC(C)C)s2)cc1. The van der Waals surface area contributed by atoms with Gasteiger partial charge in [0.2, 0.25) is 10.9 Å². The zero-order valence-electron chi connectivity index (χ0n) is 18.8. The number of ether oxygens (including phenoxy) is 1. The zero-order valence-corrected chi connectivity index (χ0v) is 19.6. The van der Waals surface area contributed by atoms with E-state index >= 15 is 0 Å². The van der Waals surface area contributed by atoms with E-state index in [0.29, 0.717) is 33.3 Å². The van der Waals surface area contributed by atoms with Crippen LogP contribution in [0.5, 0.6) is 5.75 Å². The summed E-state index contributed by atoms with van der Waals surface area (Å²) in [6.07, 6.45) is 0.764. The maximum absolute atomic E-state index is 13.7. The average Bonchev–Trinajstić information content (AvgIpc) is 3.36. The standard InChI is InChI=1S/C25H23N3O4S/c1-13(2)11-19-26-27-25(33-19)28-21(15-6-8-16(31-4)9-7-15)20-22(29)17-12-14(3)5-10-18(17)32-23(20)24(28)30/h5-10,12-13,21H,11H2,1-4H3/t21-/m0/s1. The van der Waals surface area contributed by atoms with E-state index in [9.17, 15) is 9.59 Å². The minimum absolute atomic E-state index is 0.0535. The van der Waals surface area contributed by atoms with Crippen LogP contribution in [0, 0.1) is 12.8 Å². The minimum atomic E-state index is -0.667. The summed E-state index contributed by atoms with van der Waals surface area (Å²) in [6.45, 7) is 6.13. The molecule has 2 aromatic carbocycles. The van der Waals surface area contributed by atoms with E-state index < -0.39 is 11.9 Å². The van der Waals surface area contributed by atoms with Crippen LogP contribution >= 0.6 is 11.3 Å². The van der Waals surface area contributed by atoms with Crippen molar-refractivity contribution in [1.82, 2.24) is 10.2 Å². The van der Waals surface area contributed by atoms with Crippen molar-refractivity contribution in [3.8, 4) is 5.75 Å². The van der Waals surface area contributed by atoms with Crippen LogP contribution in [0.3, 0.4) is 0 Å². The van der Waals surface area contributed by atoms with Gasteiger partial charge in [0.25, 0.3) is 5.91 Å². The Morgan fingerprint density at radius 3 is 2.58 bits per heavy atom. The average molecular weight is 462 g/mol. The smallest absolute Gasteiger partial charge is 0.297 e. The molecular formula is C25H23N3O4S. The third-order valence-electron chi connectivity index (χ3n) is 5.70. The zero-order chi connectivity index (χ0) is 23.3. The highest BCUT2D eigenvalue weighted by Gasteiger charge is 2.45. The van der Waals surface area contributed by atoms with E-state index in [1.165, 1.54) is 16.2 Å². The Labute approximate surface area is 194 Å². The van der Waals surface area contributed by atoms with Gasteiger partial charge in [0, 0.05) is 6.42 Å². The highest BCUT2D eigenvalue weighted by atomic mass is 32.1. The fourth-order valence-electron chi connectivity index (χ4n) is 4.16. The predicted octanol–water partition coefficient (Wildman–Crippen LogP) is 4.91. The fraction of sp³-hybridized carbons (Fsp3) is 0.280. The van der Waals surface area contributed by atoms with Crippen LogP contribution in [0.4, 0.5) is 5.13 Å². The van der Waals surface area contributed by atoms with Crippen molar-refractivity contribution >= 4 is 33.3 Å². The third-order valence-corrected chi connectivity index (χ3v) is 6.65. The summed E-state index contributed by atoms with van der Waals surface area (Å²) in [4.78, 5) is 28.8. The number of hydrogen-bond acceptors (Lipinski definition) is 7. The Hall–Kier alpha value is -3.52. The first-order valence-electron chi connectivity index (χ1n) is 10.7. The molecule has 0 saturated heterocycles. The third kappa shape index (κ3) is 3.60. The number of carbonyl (C=O) groups is 1. The van der Waals surface area contributed by atoms with Crippen LogP contribution in [0.2, 0.25) is 0 Å². The molecule has 2 aromatic heterocycles. The van der Waals surface area contributed by atoms with E-state index in [0.717, 1.165) is 22.6 Å². The second-order valence-electron chi connectivity index (χ2n) is 8.60. The highest BCUT2D eigenvalue weighted by Crippen LogP contribution is 2.42. The van der Waals surface area contributed by atoms with Crippen molar-refractivity contribution in [3.63, 3.8) is 0 Å². The topological polar surface area (TPSA) is 85.5 Å². The lowest BCUT2D eigenvalue weighted by molar-refractivity contribution is 0.0970. The van der Waals surface area contributed by atoms with Crippen LogP contribution in [0.15, 0.2) is 51.7 Å². The molecule has 1 aliphatic heterocycles. The van der Waals surface area contributed by atoms with Crippen molar-refractivity contribution in [2.24, 2.45) is 5.92 Å². The number of amides is 1. The normalized spacial score (nSPS) is 15.5. The van der Waals surface area contributed by atoms with Gasteiger partial charge in [-0.25, -0.2) is 0 Å². The molecule has 0 aliphatic carbocycles. The number of hydrogen-bond donors (Lipinski definition) is 0. The number of rotatable bonds is 5. The first-order valence-corrected chi connectivity index (χ1v) is 11.6. The monoisotopic (exact) mass is 461 g/mol. The number of aryl methyl sites for hydroxylation is 1. The number of anilines is 1. The second-order valence-corrected chi connectivity index (χ2v) is 9.64. The number of benzene rings is 2. The maximum atomic E-state index is 13.7. The molecule has 8 heteroatoms. The predicted molar refractivity (Wildman–Crippen MR) is 127 cm³/mol. The Kier molecular flexibility index (Phi) is 5.25. The number of carbonyl (C=O) groups excluding carboxylic acids is 1. The molecule has 0 N–H and O–H groups in total. The fourth-order valence-corrected chi connectivity index (χ4v) is 5.24. The highest BCUT2D eigenvalue weighted by molar-refractivity contribution is 7.15. The lowest BCUT2D eigenvalue weighted by Crippen LogP contribution is -2.29. The molecule has 33 heavy (non-hydrogen) atoms. The summed E-state index contributed by atoms with van der Waals surface area (Å²) in [5.41, 5.74) is 2.22. The van der Waals surface area contributed by atoms with Gasteiger partial charge < -0.3 is 9.15 Å². The van der Waals surface area contributed by atoms with Gasteiger partial charge in [0.05, 0.1) is 24.1 Å². The summed E-state index contributed by atoms with van der Waals surface area (Å²) in [5, 5.41) is 10.4. The molecule has 7 nitrogen and oxygen atoms in total. The molecule has 3 heterocycles. The Bertz CT molecular complexity index is 1420. The lowest BCUT2D eigenvalue weighted by Gasteiger charge is -2.22. The summed E-state index contributed by atoms with van der Waals surface area (Å²) >= 11 is 1.37. The van der Waals surface area contributed by atoms with Gasteiger partial charge in [-0.3, -0.25) is 14.5 Å². The first-order chi connectivity index (χ1) is 15.9. The molecule has 4 aromatic rings. The molecule has 0 bridgehead atoms. The molecule has 1 amide bonds. The largest absolute Gasteiger partial charge is 0.497 e. The second kappa shape index (κ2) is 8.12. The van der Waals surface area contributed by atoms with Gasteiger partial charge >= 0.3 is 0 Å². The molecule has 5 rings (SSSR count). The van der Waals surface area contributed by atoms with Crippen LogP contribution in [-0.4, -0.2) is 23.2 Å². The van der Waals surface area contributed by atoms with E-state index in [1.54, 1.807) is 19.2 Å². The number of methoxy groups -OCH3 is 1. The van der Waals surface area contributed by atoms with Gasteiger partial charge in [0.15, 0.2) is 5.43 Å². The van der Waals surface area contributed by atoms with Gasteiger partial charge in [-0.15, -0.1) is 10.2 Å².